The lowest BCUT2D eigenvalue weighted by Gasteiger charge is -2.23. The van der Waals surface area contributed by atoms with Gasteiger partial charge in [-0.1, -0.05) is 6.07 Å². The van der Waals surface area contributed by atoms with Crippen molar-refractivity contribution in [2.45, 2.75) is 24.4 Å². The van der Waals surface area contributed by atoms with Gasteiger partial charge in [0.1, 0.15) is 24.1 Å². The molecule has 1 amide bonds. The van der Waals surface area contributed by atoms with E-state index in [1.807, 2.05) is 0 Å². The zero-order valence-electron chi connectivity index (χ0n) is 17.0. The SMILES string of the molecule is COc1cccc(N(C)C(=O)C2O[C@H](COP(=O)(O)OP(=O)(O)OP(=O)(O)O)[C@@H](O)[C@H]2O)c1. The molecule has 6 atom stereocenters. The zero-order valence-corrected chi connectivity index (χ0v) is 19.7. The molecule has 1 heterocycles. The van der Waals surface area contributed by atoms with Gasteiger partial charge >= 0.3 is 23.5 Å². The molecule has 1 fully saturated rings. The average Bonchev–Trinajstić information content (AvgIpc) is 2.97. The van der Waals surface area contributed by atoms with E-state index in [2.05, 4.69) is 13.1 Å². The third kappa shape index (κ3) is 7.91. The summed E-state index contributed by atoms with van der Waals surface area (Å²) in [6.45, 7) is -1.03. The van der Waals surface area contributed by atoms with Crippen molar-refractivity contribution >= 4 is 35.1 Å². The fraction of sp³-hybridized carbons (Fsp3) is 0.500. The summed E-state index contributed by atoms with van der Waals surface area (Å²) in [6.07, 6.45) is -6.76. The Morgan fingerprint density at radius 1 is 1.06 bits per heavy atom. The van der Waals surface area contributed by atoms with Crippen LogP contribution in [0.1, 0.15) is 0 Å². The summed E-state index contributed by atoms with van der Waals surface area (Å²) >= 11 is 0. The van der Waals surface area contributed by atoms with Gasteiger partial charge in [-0.15, -0.1) is 0 Å². The highest BCUT2D eigenvalue weighted by atomic mass is 31.3. The van der Waals surface area contributed by atoms with E-state index in [4.69, 9.17) is 24.2 Å². The minimum atomic E-state index is -5.73. The summed E-state index contributed by atoms with van der Waals surface area (Å²) in [6, 6.07) is 6.31. The van der Waals surface area contributed by atoms with Crippen molar-refractivity contribution in [3.8, 4) is 5.75 Å². The standard InChI is InChI=1S/C14H22NO15P3/c1-15(8-4-3-5-9(6-8)26-2)14(18)13-12(17)11(16)10(28-13)7-27-32(22,23)30-33(24,25)29-31(19,20)21/h3-6,10-13,16-17H,7H2,1-2H3,(H,22,23)(H,24,25)(H2,19,20,21)/t10-,11-,12-,13?/m1/s1. The first-order chi connectivity index (χ1) is 15.1. The molecule has 0 saturated carbocycles. The third-order valence-electron chi connectivity index (χ3n) is 4.19. The van der Waals surface area contributed by atoms with Gasteiger partial charge in [0, 0.05) is 18.8 Å². The lowest BCUT2D eigenvalue weighted by atomic mass is 10.1. The van der Waals surface area contributed by atoms with Gasteiger partial charge in [0.15, 0.2) is 6.10 Å². The second-order valence-corrected chi connectivity index (χ2v) is 11.0. The summed E-state index contributed by atoms with van der Waals surface area (Å²) in [5.74, 6) is -0.357. The molecule has 33 heavy (non-hydrogen) atoms. The molecular formula is C14H22NO15P3. The fourth-order valence-electron chi connectivity index (χ4n) is 2.70. The van der Waals surface area contributed by atoms with Crippen LogP contribution in [0.5, 0.6) is 5.75 Å². The van der Waals surface area contributed by atoms with E-state index < -0.39 is 60.4 Å². The molecule has 1 aromatic carbocycles. The number of carbonyl (C=O) groups is 1. The molecule has 1 aliphatic rings. The molecule has 0 aromatic heterocycles. The van der Waals surface area contributed by atoms with Crippen molar-refractivity contribution < 1.29 is 70.9 Å². The maximum Gasteiger partial charge on any atom is 0.490 e. The van der Waals surface area contributed by atoms with E-state index in [0.29, 0.717) is 11.4 Å². The van der Waals surface area contributed by atoms with E-state index in [1.54, 1.807) is 18.2 Å². The first-order valence-corrected chi connectivity index (χ1v) is 13.3. The summed E-state index contributed by atoms with van der Waals surface area (Å²) < 4.78 is 55.5. The van der Waals surface area contributed by atoms with Crippen LogP contribution in [0.15, 0.2) is 24.3 Å². The number of rotatable bonds is 10. The van der Waals surface area contributed by atoms with Gasteiger partial charge in [0.2, 0.25) is 0 Å². The van der Waals surface area contributed by atoms with Crippen LogP contribution >= 0.6 is 23.5 Å². The quantitative estimate of drug-likeness (QED) is 0.206. The third-order valence-corrected chi connectivity index (χ3v) is 8.00. The highest BCUT2D eigenvalue weighted by Crippen LogP contribution is 2.66. The average molecular weight is 537 g/mol. The molecule has 0 aliphatic carbocycles. The first kappa shape index (κ1) is 28.0. The van der Waals surface area contributed by atoms with Gasteiger partial charge < -0.3 is 44.2 Å². The molecule has 188 valence electrons. The molecule has 2 rings (SSSR count). The number of carbonyl (C=O) groups excluding carboxylic acids is 1. The van der Waals surface area contributed by atoms with Gasteiger partial charge in [-0.05, 0) is 12.1 Å². The van der Waals surface area contributed by atoms with E-state index in [0.717, 1.165) is 4.90 Å². The number of methoxy groups -OCH3 is 1. The lowest BCUT2D eigenvalue weighted by Crippen LogP contribution is -2.43. The predicted octanol–water partition coefficient (Wildman–Crippen LogP) is -0.510. The minimum Gasteiger partial charge on any atom is -0.497 e. The number of hydrogen-bond acceptors (Lipinski definition) is 11. The maximum atomic E-state index is 12.7. The van der Waals surface area contributed by atoms with Crippen molar-refractivity contribution in [2.24, 2.45) is 0 Å². The number of ether oxygens (including phenoxy) is 2. The number of phosphoric acid groups is 3. The molecule has 3 unspecified atom stereocenters. The molecule has 16 nitrogen and oxygen atoms in total. The Bertz CT molecular complexity index is 998. The van der Waals surface area contributed by atoms with Gasteiger partial charge in [0.25, 0.3) is 5.91 Å². The molecule has 0 spiro atoms. The van der Waals surface area contributed by atoms with E-state index in [-0.39, 0.29) is 0 Å². The smallest absolute Gasteiger partial charge is 0.490 e. The lowest BCUT2D eigenvalue weighted by molar-refractivity contribution is -0.133. The Balaban J connectivity index is 2.03. The molecule has 1 aromatic rings. The summed E-state index contributed by atoms with van der Waals surface area (Å²) in [5, 5.41) is 20.3. The van der Waals surface area contributed by atoms with Crippen molar-refractivity contribution in [2.75, 3.05) is 25.7 Å². The number of nitrogens with zero attached hydrogens (tertiary/aromatic N) is 1. The predicted molar refractivity (Wildman–Crippen MR) is 107 cm³/mol. The van der Waals surface area contributed by atoms with Crippen molar-refractivity contribution in [3.63, 3.8) is 0 Å². The molecule has 0 radical (unpaired) electrons. The number of likely N-dealkylation sites (N-methyl/N-ethyl adjacent to an activating group) is 1. The Hall–Kier alpha value is -1.22. The van der Waals surface area contributed by atoms with Crippen LogP contribution in [0.4, 0.5) is 5.69 Å². The number of amides is 1. The summed E-state index contributed by atoms with van der Waals surface area (Å²) in [7, 11) is -14.0. The number of hydrogen-bond donors (Lipinski definition) is 6. The Kier molecular flexibility index (Phi) is 8.99. The van der Waals surface area contributed by atoms with Crippen LogP contribution in [0, 0.1) is 0 Å². The van der Waals surface area contributed by atoms with Crippen LogP contribution in [0.2, 0.25) is 0 Å². The van der Waals surface area contributed by atoms with E-state index in [9.17, 15) is 33.6 Å². The fourth-order valence-corrected chi connectivity index (χ4v) is 5.73. The van der Waals surface area contributed by atoms with Crippen molar-refractivity contribution in [1.29, 1.82) is 0 Å². The molecule has 1 saturated heterocycles. The molecular weight excluding hydrogens is 515 g/mol. The van der Waals surface area contributed by atoms with Gasteiger partial charge in [-0.3, -0.25) is 9.32 Å². The highest BCUT2D eigenvalue weighted by Gasteiger charge is 2.49. The van der Waals surface area contributed by atoms with Crippen LogP contribution in [0.3, 0.4) is 0 Å². The van der Waals surface area contributed by atoms with Crippen LogP contribution in [0.25, 0.3) is 0 Å². The van der Waals surface area contributed by atoms with Crippen LogP contribution < -0.4 is 9.64 Å². The van der Waals surface area contributed by atoms with E-state index >= 15 is 0 Å². The Morgan fingerprint density at radius 3 is 2.27 bits per heavy atom. The zero-order chi connectivity index (χ0) is 25.2. The number of anilines is 1. The van der Waals surface area contributed by atoms with Crippen molar-refractivity contribution in [3.05, 3.63) is 24.3 Å². The molecule has 1 aliphatic heterocycles. The monoisotopic (exact) mass is 537 g/mol. The number of aliphatic hydroxyl groups is 2. The van der Waals surface area contributed by atoms with Gasteiger partial charge in [0.05, 0.1) is 13.7 Å². The second kappa shape index (κ2) is 10.6. The van der Waals surface area contributed by atoms with Gasteiger partial charge in [-0.25, -0.2) is 13.7 Å². The minimum absolute atomic E-state index is 0.362. The van der Waals surface area contributed by atoms with Gasteiger partial charge in [-0.2, -0.15) is 8.62 Å². The Labute approximate surface area is 186 Å². The van der Waals surface area contributed by atoms with E-state index in [1.165, 1.54) is 20.2 Å². The number of aliphatic hydroxyl groups excluding tert-OH is 2. The molecule has 6 N–H and O–H groups in total. The summed E-state index contributed by atoms with van der Waals surface area (Å²) in [4.78, 5) is 49.4. The van der Waals surface area contributed by atoms with Crippen LogP contribution in [-0.2, 0) is 36.4 Å². The summed E-state index contributed by atoms with van der Waals surface area (Å²) in [5.41, 5.74) is 0.362. The van der Waals surface area contributed by atoms with Crippen LogP contribution in [-0.4, -0.2) is 80.9 Å². The van der Waals surface area contributed by atoms with Crippen molar-refractivity contribution in [1.82, 2.24) is 0 Å². The maximum absolute atomic E-state index is 12.7. The second-order valence-electron chi connectivity index (χ2n) is 6.56. The Morgan fingerprint density at radius 2 is 1.70 bits per heavy atom. The number of phosphoric ester groups is 1. The largest absolute Gasteiger partial charge is 0.497 e. The highest BCUT2D eigenvalue weighted by molar-refractivity contribution is 7.66. The normalized spacial score (nSPS) is 26.9. The molecule has 19 heteroatoms. The first-order valence-electron chi connectivity index (χ1n) is 8.77. The topological polar surface area (TPSA) is 239 Å². The molecule has 0 bridgehead atoms. The number of benzene rings is 1.